The third kappa shape index (κ3) is 6.16. The number of rotatable bonds is 9. The molecule has 1 amide bonds. The van der Waals surface area contributed by atoms with Crippen molar-refractivity contribution in [2.75, 3.05) is 26.1 Å². The monoisotopic (exact) mass is 383 g/mol. The summed E-state index contributed by atoms with van der Waals surface area (Å²) >= 11 is 0. The van der Waals surface area contributed by atoms with Gasteiger partial charge in [-0.15, -0.1) is 0 Å². The van der Waals surface area contributed by atoms with Crippen LogP contribution in [0.5, 0.6) is 11.5 Å². The molecule has 6 heteroatoms. The van der Waals surface area contributed by atoms with Gasteiger partial charge in [-0.2, -0.15) is 0 Å². The summed E-state index contributed by atoms with van der Waals surface area (Å²) in [6.07, 6.45) is 4.88. The highest BCUT2D eigenvalue weighted by Gasteiger charge is 2.07. The highest BCUT2D eigenvalue weighted by atomic mass is 16.5. The molecule has 6 nitrogen and oxygen atoms in total. The number of nitrogens with one attached hydrogen (secondary N) is 1. The van der Waals surface area contributed by atoms with Crippen molar-refractivity contribution in [2.24, 2.45) is 0 Å². The van der Waals surface area contributed by atoms with E-state index < -0.39 is 0 Å². The van der Waals surface area contributed by atoms with Gasteiger partial charge in [0.2, 0.25) is 5.91 Å². The van der Waals surface area contributed by atoms with Gasteiger partial charge in [0.05, 0.1) is 26.4 Å². The molecular weight excluding hydrogens is 358 g/mol. The van der Waals surface area contributed by atoms with Crippen molar-refractivity contribution in [3.63, 3.8) is 0 Å². The molecule has 2 aromatic rings. The number of unbranched alkanes of at least 4 members (excludes halogenated alkanes) is 1. The van der Waals surface area contributed by atoms with Crippen molar-refractivity contribution in [3.05, 3.63) is 59.7 Å². The van der Waals surface area contributed by atoms with Gasteiger partial charge in [-0.25, -0.2) is 4.79 Å². The van der Waals surface area contributed by atoms with Crippen molar-refractivity contribution in [2.45, 2.75) is 19.8 Å². The number of anilines is 1. The largest absolute Gasteiger partial charge is 0.497 e. The standard InChI is InChI=1S/C22H25NO5/c1-4-5-14-28-22(25)17-6-10-18(11-7-17)23-21(24)13-9-16-8-12-19(26-2)15-20(16)27-3/h6-13,15H,4-5,14H2,1-3H3,(H,23,24)/b13-9+. The third-order valence-corrected chi connectivity index (χ3v) is 3.97. The van der Waals surface area contributed by atoms with E-state index in [0.29, 0.717) is 29.4 Å². The summed E-state index contributed by atoms with van der Waals surface area (Å²) in [6.45, 7) is 2.44. The molecule has 0 aliphatic heterocycles. The molecule has 148 valence electrons. The molecule has 2 rings (SSSR count). The zero-order valence-corrected chi connectivity index (χ0v) is 16.4. The lowest BCUT2D eigenvalue weighted by molar-refractivity contribution is -0.111. The molecular formula is C22H25NO5. The first kappa shape index (κ1) is 21.0. The van der Waals surface area contributed by atoms with E-state index in [-0.39, 0.29) is 11.9 Å². The molecule has 0 aromatic heterocycles. The molecule has 0 unspecified atom stereocenters. The summed E-state index contributed by atoms with van der Waals surface area (Å²) in [5, 5.41) is 2.75. The van der Waals surface area contributed by atoms with Gasteiger partial charge < -0.3 is 19.5 Å². The number of ether oxygens (including phenoxy) is 3. The number of benzene rings is 2. The lowest BCUT2D eigenvalue weighted by atomic mass is 10.1. The zero-order chi connectivity index (χ0) is 20.4. The van der Waals surface area contributed by atoms with Crippen molar-refractivity contribution in [1.29, 1.82) is 0 Å². The summed E-state index contributed by atoms with van der Waals surface area (Å²) in [5.41, 5.74) is 1.79. The average Bonchev–Trinajstić information content (AvgIpc) is 2.72. The Morgan fingerprint density at radius 2 is 1.79 bits per heavy atom. The van der Waals surface area contributed by atoms with Crippen LogP contribution in [0.1, 0.15) is 35.7 Å². The minimum absolute atomic E-state index is 0.295. The number of amides is 1. The van der Waals surface area contributed by atoms with Crippen LogP contribution >= 0.6 is 0 Å². The van der Waals surface area contributed by atoms with Gasteiger partial charge in [0.1, 0.15) is 11.5 Å². The number of methoxy groups -OCH3 is 2. The molecule has 0 heterocycles. The summed E-state index contributed by atoms with van der Waals surface area (Å²) in [5.74, 6) is 0.620. The van der Waals surface area contributed by atoms with E-state index in [1.54, 1.807) is 62.8 Å². The molecule has 1 N–H and O–H groups in total. The number of carbonyl (C=O) groups excluding carboxylic acids is 2. The Hall–Kier alpha value is -3.28. The van der Waals surface area contributed by atoms with E-state index in [1.165, 1.54) is 6.08 Å². The minimum Gasteiger partial charge on any atom is -0.497 e. The van der Waals surface area contributed by atoms with Crippen LogP contribution in [-0.2, 0) is 9.53 Å². The predicted octanol–water partition coefficient (Wildman–Crippen LogP) is 4.31. The third-order valence-electron chi connectivity index (χ3n) is 3.97. The van der Waals surface area contributed by atoms with E-state index in [4.69, 9.17) is 14.2 Å². The van der Waals surface area contributed by atoms with Gasteiger partial charge in [-0.05, 0) is 48.9 Å². The van der Waals surface area contributed by atoms with Crippen molar-refractivity contribution >= 4 is 23.6 Å². The van der Waals surface area contributed by atoms with Crippen LogP contribution in [0.3, 0.4) is 0 Å². The highest BCUT2D eigenvalue weighted by molar-refractivity contribution is 6.02. The Morgan fingerprint density at radius 1 is 1.04 bits per heavy atom. The molecule has 0 saturated carbocycles. The van der Waals surface area contributed by atoms with Crippen LogP contribution in [0.2, 0.25) is 0 Å². The average molecular weight is 383 g/mol. The highest BCUT2D eigenvalue weighted by Crippen LogP contribution is 2.25. The maximum atomic E-state index is 12.1. The molecule has 28 heavy (non-hydrogen) atoms. The van der Waals surface area contributed by atoms with Gasteiger partial charge in [0.25, 0.3) is 0 Å². The molecule has 0 radical (unpaired) electrons. The zero-order valence-electron chi connectivity index (χ0n) is 16.4. The first-order valence-electron chi connectivity index (χ1n) is 9.05. The Bertz CT molecular complexity index is 827. The second kappa shape index (κ2) is 10.8. The van der Waals surface area contributed by atoms with Crippen LogP contribution in [0.15, 0.2) is 48.5 Å². The first-order valence-corrected chi connectivity index (χ1v) is 9.05. The van der Waals surface area contributed by atoms with E-state index in [0.717, 1.165) is 18.4 Å². The Labute approximate surface area is 165 Å². The molecule has 2 aromatic carbocycles. The maximum Gasteiger partial charge on any atom is 0.338 e. The Balaban J connectivity index is 1.96. The van der Waals surface area contributed by atoms with E-state index in [2.05, 4.69) is 5.32 Å². The van der Waals surface area contributed by atoms with Crippen LogP contribution in [0.25, 0.3) is 6.08 Å². The normalized spacial score (nSPS) is 10.5. The molecule has 0 spiro atoms. The minimum atomic E-state index is -0.363. The lowest BCUT2D eigenvalue weighted by Crippen LogP contribution is -2.09. The molecule has 0 saturated heterocycles. The SMILES string of the molecule is CCCCOC(=O)c1ccc(NC(=O)/C=C/c2ccc(OC)cc2OC)cc1. The fourth-order valence-electron chi connectivity index (χ4n) is 2.39. The van der Waals surface area contributed by atoms with Gasteiger partial charge >= 0.3 is 5.97 Å². The topological polar surface area (TPSA) is 73.9 Å². The number of hydrogen-bond acceptors (Lipinski definition) is 5. The van der Waals surface area contributed by atoms with E-state index >= 15 is 0 Å². The summed E-state index contributed by atoms with van der Waals surface area (Å²) < 4.78 is 15.6. The van der Waals surface area contributed by atoms with Crippen LogP contribution < -0.4 is 14.8 Å². The fraction of sp³-hybridized carbons (Fsp3) is 0.273. The lowest BCUT2D eigenvalue weighted by Gasteiger charge is -2.07. The molecule has 0 aliphatic carbocycles. The van der Waals surface area contributed by atoms with Gasteiger partial charge in [0, 0.05) is 23.4 Å². The van der Waals surface area contributed by atoms with Crippen LogP contribution in [-0.4, -0.2) is 32.7 Å². The first-order chi connectivity index (χ1) is 13.6. The number of hydrogen-bond donors (Lipinski definition) is 1. The second-order valence-electron chi connectivity index (χ2n) is 6.00. The van der Waals surface area contributed by atoms with Crippen molar-refractivity contribution < 1.29 is 23.8 Å². The fourth-order valence-corrected chi connectivity index (χ4v) is 2.39. The van der Waals surface area contributed by atoms with Gasteiger partial charge in [0.15, 0.2) is 0 Å². The number of carbonyl (C=O) groups is 2. The Morgan fingerprint density at radius 3 is 2.43 bits per heavy atom. The van der Waals surface area contributed by atoms with Gasteiger partial charge in [-0.3, -0.25) is 4.79 Å². The summed E-state index contributed by atoms with van der Waals surface area (Å²) in [6, 6.07) is 11.9. The predicted molar refractivity (Wildman–Crippen MR) is 109 cm³/mol. The molecule has 0 atom stereocenters. The summed E-state index contributed by atoms with van der Waals surface area (Å²) in [4.78, 5) is 24.0. The second-order valence-corrected chi connectivity index (χ2v) is 6.00. The molecule has 0 fully saturated rings. The van der Waals surface area contributed by atoms with Crippen molar-refractivity contribution in [1.82, 2.24) is 0 Å². The van der Waals surface area contributed by atoms with E-state index in [9.17, 15) is 9.59 Å². The Kier molecular flexibility index (Phi) is 8.09. The number of esters is 1. The maximum absolute atomic E-state index is 12.1. The van der Waals surface area contributed by atoms with Gasteiger partial charge in [-0.1, -0.05) is 13.3 Å². The van der Waals surface area contributed by atoms with Crippen LogP contribution in [0.4, 0.5) is 5.69 Å². The summed E-state index contributed by atoms with van der Waals surface area (Å²) in [7, 11) is 3.13. The molecule has 0 bridgehead atoms. The smallest absolute Gasteiger partial charge is 0.338 e. The quantitative estimate of drug-likeness (QED) is 0.397. The van der Waals surface area contributed by atoms with E-state index in [1.807, 2.05) is 6.92 Å². The van der Waals surface area contributed by atoms with Crippen molar-refractivity contribution in [3.8, 4) is 11.5 Å². The molecule has 0 aliphatic rings. The van der Waals surface area contributed by atoms with Crippen LogP contribution in [0, 0.1) is 0 Å².